The first kappa shape index (κ1) is 17.0. The van der Waals surface area contributed by atoms with E-state index in [-0.39, 0.29) is 5.57 Å². The van der Waals surface area contributed by atoms with Crippen molar-refractivity contribution in [2.45, 2.75) is 0 Å². The van der Waals surface area contributed by atoms with Crippen molar-refractivity contribution in [3.8, 4) is 11.8 Å². The van der Waals surface area contributed by atoms with Crippen molar-refractivity contribution in [3.05, 3.63) is 78.1 Å². The number of anilines is 1. The van der Waals surface area contributed by atoms with Crippen LogP contribution in [0.4, 0.5) is 10.1 Å². The minimum atomic E-state index is -0.581. The number of nitrogens with zero attached hydrogens (tertiary/aromatic N) is 1. The van der Waals surface area contributed by atoms with Crippen molar-refractivity contribution in [3.63, 3.8) is 0 Å². The Bertz CT molecular complexity index is 805. The van der Waals surface area contributed by atoms with Gasteiger partial charge in [0.2, 0.25) is 0 Å². The van der Waals surface area contributed by atoms with Crippen LogP contribution in [0.2, 0.25) is 0 Å². The fourth-order valence-corrected chi connectivity index (χ4v) is 1.92. The molecule has 4 nitrogen and oxygen atoms in total. The summed E-state index contributed by atoms with van der Waals surface area (Å²) in [6, 6.07) is 14.2. The zero-order valence-electron chi connectivity index (χ0n) is 12.8. The highest BCUT2D eigenvalue weighted by Crippen LogP contribution is 2.21. The zero-order valence-corrected chi connectivity index (χ0v) is 12.8. The number of hydrogen-bond acceptors (Lipinski definition) is 3. The molecule has 24 heavy (non-hydrogen) atoms. The number of halogens is 1. The molecular weight excluding hydrogens is 307 g/mol. The van der Waals surface area contributed by atoms with E-state index in [1.54, 1.807) is 30.3 Å². The smallest absolute Gasteiger partial charge is 0.266 e. The van der Waals surface area contributed by atoms with E-state index in [2.05, 4.69) is 11.9 Å². The number of rotatable bonds is 6. The van der Waals surface area contributed by atoms with E-state index >= 15 is 0 Å². The molecule has 2 aromatic carbocycles. The molecule has 0 aliphatic carbocycles. The molecule has 0 radical (unpaired) electrons. The van der Waals surface area contributed by atoms with Crippen LogP contribution in [0.1, 0.15) is 5.56 Å². The highest BCUT2D eigenvalue weighted by molar-refractivity contribution is 6.09. The predicted octanol–water partition coefficient (Wildman–Crippen LogP) is 3.94. The Morgan fingerprint density at radius 1 is 1.25 bits per heavy atom. The molecule has 0 saturated carbocycles. The van der Waals surface area contributed by atoms with Crippen molar-refractivity contribution >= 4 is 17.7 Å². The van der Waals surface area contributed by atoms with Crippen LogP contribution in [0.3, 0.4) is 0 Å². The van der Waals surface area contributed by atoms with Gasteiger partial charge in [0.25, 0.3) is 5.91 Å². The number of hydrogen-bond donors (Lipinski definition) is 1. The second-order valence-corrected chi connectivity index (χ2v) is 4.77. The Balaban J connectivity index is 2.22. The molecule has 0 heterocycles. The number of carbonyl (C=O) groups excluding carboxylic acids is 1. The van der Waals surface area contributed by atoms with Gasteiger partial charge in [-0.2, -0.15) is 5.26 Å². The van der Waals surface area contributed by atoms with Crippen molar-refractivity contribution < 1.29 is 13.9 Å². The second-order valence-electron chi connectivity index (χ2n) is 4.77. The van der Waals surface area contributed by atoms with Crippen LogP contribution in [-0.4, -0.2) is 12.5 Å². The first-order valence-corrected chi connectivity index (χ1v) is 7.15. The third kappa shape index (κ3) is 4.55. The fourth-order valence-electron chi connectivity index (χ4n) is 1.92. The fraction of sp³-hybridized carbons (Fsp3) is 0.0526. The largest absolute Gasteiger partial charge is 0.489 e. The lowest BCUT2D eigenvalue weighted by Crippen LogP contribution is -2.13. The summed E-state index contributed by atoms with van der Waals surface area (Å²) in [5.41, 5.74) is 0.915. The molecule has 1 amide bonds. The highest BCUT2D eigenvalue weighted by Gasteiger charge is 2.11. The predicted molar refractivity (Wildman–Crippen MR) is 90.8 cm³/mol. The molecule has 0 bridgehead atoms. The molecule has 0 saturated heterocycles. The molecule has 0 fully saturated rings. The molecule has 120 valence electrons. The van der Waals surface area contributed by atoms with Crippen molar-refractivity contribution in [2.24, 2.45) is 0 Å². The molecule has 0 aromatic heterocycles. The molecular formula is C19H15FN2O2. The summed E-state index contributed by atoms with van der Waals surface area (Å²) in [6.45, 7) is 3.89. The summed E-state index contributed by atoms with van der Waals surface area (Å²) >= 11 is 0. The molecule has 0 atom stereocenters. The molecule has 2 rings (SSSR count). The minimum Gasteiger partial charge on any atom is -0.489 e. The number of carbonyl (C=O) groups is 1. The monoisotopic (exact) mass is 322 g/mol. The molecule has 0 unspecified atom stereocenters. The first-order chi connectivity index (χ1) is 11.6. The standard InChI is InChI=1S/C19H15FN2O2/c1-2-11-24-18-6-4-3-5-14(18)12-15(13-21)19(23)22-17-9-7-16(20)8-10-17/h2-10,12H,1,11H2,(H,22,23)/b15-12+. The number of para-hydroxylation sites is 1. The van der Waals surface area contributed by atoms with Crippen LogP contribution < -0.4 is 10.1 Å². The summed E-state index contributed by atoms with van der Waals surface area (Å²) in [5, 5.41) is 11.8. The second kappa shape index (κ2) is 8.30. The highest BCUT2D eigenvalue weighted by atomic mass is 19.1. The van der Waals surface area contributed by atoms with Gasteiger partial charge < -0.3 is 10.1 Å². The topological polar surface area (TPSA) is 62.1 Å². The van der Waals surface area contributed by atoms with Crippen molar-refractivity contribution in [1.82, 2.24) is 0 Å². The van der Waals surface area contributed by atoms with Gasteiger partial charge in [0.05, 0.1) is 0 Å². The Labute approximate surface area is 139 Å². The van der Waals surface area contributed by atoms with Crippen LogP contribution >= 0.6 is 0 Å². The average Bonchev–Trinajstić information content (AvgIpc) is 2.60. The van der Waals surface area contributed by atoms with Crippen LogP contribution in [0.15, 0.2) is 66.8 Å². The van der Waals surface area contributed by atoms with Gasteiger partial charge in [-0.1, -0.05) is 30.9 Å². The molecule has 0 aliphatic heterocycles. The van der Waals surface area contributed by atoms with E-state index in [9.17, 15) is 14.4 Å². The SMILES string of the molecule is C=CCOc1ccccc1/C=C(\C#N)C(=O)Nc1ccc(F)cc1. The van der Waals surface area contributed by atoms with E-state index in [4.69, 9.17) is 4.74 Å². The summed E-state index contributed by atoms with van der Waals surface area (Å²) in [7, 11) is 0. The third-order valence-electron chi connectivity index (χ3n) is 3.04. The summed E-state index contributed by atoms with van der Waals surface area (Å²) in [5.74, 6) is -0.445. The van der Waals surface area contributed by atoms with Crippen LogP contribution in [0, 0.1) is 17.1 Å². The van der Waals surface area contributed by atoms with Crippen molar-refractivity contribution in [1.29, 1.82) is 5.26 Å². The van der Waals surface area contributed by atoms with Crippen molar-refractivity contribution in [2.75, 3.05) is 11.9 Å². The number of benzene rings is 2. The zero-order chi connectivity index (χ0) is 17.4. The van der Waals surface area contributed by atoms with E-state index in [0.29, 0.717) is 23.6 Å². The van der Waals surface area contributed by atoms with E-state index < -0.39 is 11.7 Å². The number of amides is 1. The van der Waals surface area contributed by atoms with Gasteiger partial charge >= 0.3 is 0 Å². The lowest BCUT2D eigenvalue weighted by molar-refractivity contribution is -0.112. The number of nitriles is 1. The van der Waals surface area contributed by atoms with Gasteiger partial charge in [-0.3, -0.25) is 4.79 Å². The van der Waals surface area contributed by atoms with Crippen LogP contribution in [0.25, 0.3) is 6.08 Å². The maximum atomic E-state index is 12.9. The quantitative estimate of drug-likeness (QED) is 0.498. The Morgan fingerprint density at radius 3 is 2.62 bits per heavy atom. The van der Waals surface area contributed by atoms with Gasteiger partial charge in [0.1, 0.15) is 29.8 Å². The van der Waals surface area contributed by atoms with E-state index in [1.165, 1.54) is 30.3 Å². The molecule has 5 heteroatoms. The summed E-state index contributed by atoms with van der Waals surface area (Å²) in [6.07, 6.45) is 3.05. The van der Waals surface area contributed by atoms with Gasteiger partial charge in [-0.15, -0.1) is 0 Å². The first-order valence-electron chi connectivity index (χ1n) is 7.15. The van der Waals surface area contributed by atoms with Crippen LogP contribution in [-0.2, 0) is 4.79 Å². The molecule has 0 aliphatic rings. The maximum Gasteiger partial charge on any atom is 0.266 e. The lowest BCUT2D eigenvalue weighted by atomic mass is 10.1. The third-order valence-corrected chi connectivity index (χ3v) is 3.04. The Kier molecular flexibility index (Phi) is 5.87. The minimum absolute atomic E-state index is 0.0889. The summed E-state index contributed by atoms with van der Waals surface area (Å²) in [4.78, 5) is 12.2. The molecule has 0 spiro atoms. The molecule has 1 N–H and O–H groups in total. The number of nitrogens with one attached hydrogen (secondary N) is 1. The lowest BCUT2D eigenvalue weighted by Gasteiger charge is -2.08. The Hall–Kier alpha value is -3.39. The normalized spacial score (nSPS) is 10.6. The van der Waals surface area contributed by atoms with Gasteiger partial charge in [0.15, 0.2) is 0 Å². The van der Waals surface area contributed by atoms with E-state index in [0.717, 1.165) is 0 Å². The van der Waals surface area contributed by atoms with Gasteiger partial charge in [0, 0.05) is 11.3 Å². The van der Waals surface area contributed by atoms with Gasteiger partial charge in [-0.25, -0.2) is 4.39 Å². The number of ether oxygens (including phenoxy) is 1. The maximum absolute atomic E-state index is 12.9. The summed E-state index contributed by atoms with van der Waals surface area (Å²) < 4.78 is 18.4. The molecule has 2 aromatic rings. The van der Waals surface area contributed by atoms with Gasteiger partial charge in [-0.05, 0) is 36.4 Å². The van der Waals surface area contributed by atoms with E-state index in [1.807, 2.05) is 6.07 Å². The Morgan fingerprint density at radius 2 is 1.96 bits per heavy atom. The average molecular weight is 322 g/mol. The van der Waals surface area contributed by atoms with Crippen LogP contribution in [0.5, 0.6) is 5.75 Å².